The van der Waals surface area contributed by atoms with Crippen LogP contribution in [-0.4, -0.2) is 35.5 Å². The standard InChI is InChI=1S/C20H13Cl3N2O6/c1-9-2-3-11(7-13(9)21)25-19(29)12(18(28)24-20(25)30)4-10-5-14(22)17(15(23)6-10)31-8-16(26)27/h2-7H,8H2,1H3,(H,26,27)(H,24,28,30)/b12-4-. The first-order valence-electron chi connectivity index (χ1n) is 8.59. The number of urea groups is 1. The summed E-state index contributed by atoms with van der Waals surface area (Å²) in [5.41, 5.74) is 0.844. The number of carboxylic acid groups (broad SMARTS) is 1. The first-order chi connectivity index (χ1) is 14.6. The number of carbonyl (C=O) groups excluding carboxylic acids is 3. The van der Waals surface area contributed by atoms with Gasteiger partial charge in [0, 0.05) is 5.02 Å². The number of aryl methyl sites for hydroxylation is 1. The van der Waals surface area contributed by atoms with Gasteiger partial charge in [0.15, 0.2) is 12.4 Å². The zero-order valence-electron chi connectivity index (χ0n) is 15.7. The van der Waals surface area contributed by atoms with Crippen molar-refractivity contribution in [1.82, 2.24) is 5.32 Å². The molecule has 0 radical (unpaired) electrons. The minimum Gasteiger partial charge on any atom is -0.479 e. The monoisotopic (exact) mass is 482 g/mol. The fourth-order valence-corrected chi connectivity index (χ4v) is 3.50. The lowest BCUT2D eigenvalue weighted by atomic mass is 10.1. The fraction of sp³-hybridized carbons (Fsp3) is 0.100. The molecular weight excluding hydrogens is 471 g/mol. The van der Waals surface area contributed by atoms with E-state index in [1.165, 1.54) is 30.3 Å². The number of hydrogen-bond donors (Lipinski definition) is 2. The Balaban J connectivity index is 1.98. The zero-order valence-corrected chi connectivity index (χ0v) is 18.0. The van der Waals surface area contributed by atoms with Crippen molar-refractivity contribution in [2.24, 2.45) is 0 Å². The Kier molecular flexibility index (Phi) is 6.54. The van der Waals surface area contributed by atoms with Gasteiger partial charge in [-0.1, -0.05) is 40.9 Å². The summed E-state index contributed by atoms with van der Waals surface area (Å²) in [7, 11) is 0. The Morgan fingerprint density at radius 2 is 1.74 bits per heavy atom. The van der Waals surface area contributed by atoms with Gasteiger partial charge in [-0.2, -0.15) is 0 Å². The molecule has 0 aromatic heterocycles. The summed E-state index contributed by atoms with van der Waals surface area (Å²) in [5, 5.41) is 11.1. The van der Waals surface area contributed by atoms with Gasteiger partial charge < -0.3 is 9.84 Å². The van der Waals surface area contributed by atoms with Crippen LogP contribution in [0.15, 0.2) is 35.9 Å². The van der Waals surface area contributed by atoms with Crippen LogP contribution in [0.25, 0.3) is 6.08 Å². The number of halogens is 3. The van der Waals surface area contributed by atoms with Crippen LogP contribution in [0.5, 0.6) is 5.75 Å². The molecule has 160 valence electrons. The molecule has 1 saturated heterocycles. The van der Waals surface area contributed by atoms with Crippen molar-refractivity contribution in [3.63, 3.8) is 0 Å². The number of amides is 4. The molecule has 0 aliphatic carbocycles. The molecule has 3 rings (SSSR count). The Morgan fingerprint density at radius 1 is 1.10 bits per heavy atom. The van der Waals surface area contributed by atoms with Gasteiger partial charge in [-0.05, 0) is 48.4 Å². The Morgan fingerprint density at radius 3 is 2.32 bits per heavy atom. The van der Waals surface area contributed by atoms with E-state index in [0.717, 1.165) is 10.5 Å². The second-order valence-corrected chi connectivity index (χ2v) is 7.61. The van der Waals surface area contributed by atoms with Crippen LogP contribution < -0.4 is 15.0 Å². The highest BCUT2D eigenvalue weighted by molar-refractivity contribution is 6.40. The van der Waals surface area contributed by atoms with E-state index >= 15 is 0 Å². The Hall–Kier alpha value is -3.07. The molecule has 2 N–H and O–H groups in total. The SMILES string of the molecule is Cc1ccc(N2C(=O)NC(=O)/C(=C/c3cc(Cl)c(OCC(=O)O)c(Cl)c3)C2=O)cc1Cl. The summed E-state index contributed by atoms with van der Waals surface area (Å²) in [6.07, 6.45) is 1.20. The van der Waals surface area contributed by atoms with E-state index in [1.54, 1.807) is 13.0 Å². The number of barbiturate groups is 1. The highest BCUT2D eigenvalue weighted by Crippen LogP contribution is 2.35. The number of hydrogen-bond acceptors (Lipinski definition) is 5. The third-order valence-electron chi connectivity index (χ3n) is 4.19. The van der Waals surface area contributed by atoms with Crippen LogP contribution in [-0.2, 0) is 14.4 Å². The molecule has 1 aliphatic heterocycles. The summed E-state index contributed by atoms with van der Waals surface area (Å²) in [6.45, 7) is 1.10. The van der Waals surface area contributed by atoms with E-state index in [4.69, 9.17) is 44.6 Å². The van der Waals surface area contributed by atoms with Gasteiger partial charge in [-0.15, -0.1) is 0 Å². The molecule has 8 nitrogen and oxygen atoms in total. The molecule has 1 fully saturated rings. The van der Waals surface area contributed by atoms with E-state index in [2.05, 4.69) is 5.32 Å². The van der Waals surface area contributed by atoms with Crippen LogP contribution in [0.2, 0.25) is 15.1 Å². The Bertz CT molecular complexity index is 1140. The van der Waals surface area contributed by atoms with Crippen LogP contribution in [0.4, 0.5) is 10.5 Å². The lowest BCUT2D eigenvalue weighted by Gasteiger charge is -2.26. The van der Waals surface area contributed by atoms with Gasteiger partial charge in [0.1, 0.15) is 5.57 Å². The number of carboxylic acids is 1. The van der Waals surface area contributed by atoms with E-state index in [9.17, 15) is 19.2 Å². The lowest BCUT2D eigenvalue weighted by Crippen LogP contribution is -2.54. The summed E-state index contributed by atoms with van der Waals surface area (Å²) in [4.78, 5) is 49.0. The maximum absolute atomic E-state index is 12.9. The predicted octanol–water partition coefficient (Wildman–Crippen LogP) is 4.09. The topological polar surface area (TPSA) is 113 Å². The summed E-state index contributed by atoms with van der Waals surface area (Å²) < 4.78 is 5.03. The number of aliphatic carboxylic acids is 1. The number of benzene rings is 2. The van der Waals surface area contributed by atoms with Crippen LogP contribution in [0.3, 0.4) is 0 Å². The molecule has 31 heavy (non-hydrogen) atoms. The number of nitrogens with zero attached hydrogens (tertiary/aromatic N) is 1. The summed E-state index contributed by atoms with van der Waals surface area (Å²) in [5.74, 6) is -3.04. The van der Waals surface area contributed by atoms with Crippen LogP contribution in [0.1, 0.15) is 11.1 Å². The van der Waals surface area contributed by atoms with Crippen LogP contribution in [0, 0.1) is 6.92 Å². The maximum Gasteiger partial charge on any atom is 0.341 e. The second kappa shape index (κ2) is 8.97. The number of imide groups is 2. The van der Waals surface area contributed by atoms with Crippen LogP contribution >= 0.6 is 34.8 Å². The quantitative estimate of drug-likeness (QED) is 0.489. The highest BCUT2D eigenvalue weighted by Gasteiger charge is 2.37. The third kappa shape index (κ3) is 4.82. The van der Waals surface area contributed by atoms with Gasteiger partial charge in [0.05, 0.1) is 15.7 Å². The number of ether oxygens (including phenoxy) is 1. The Labute approximate surface area is 190 Å². The first kappa shape index (κ1) is 22.6. The number of nitrogens with one attached hydrogen (secondary N) is 1. The average molecular weight is 484 g/mol. The molecule has 4 amide bonds. The molecule has 0 unspecified atom stereocenters. The van der Waals surface area contributed by atoms with Gasteiger partial charge in [-0.3, -0.25) is 14.9 Å². The van der Waals surface area contributed by atoms with Gasteiger partial charge >= 0.3 is 12.0 Å². The minimum absolute atomic E-state index is 0.0254. The fourth-order valence-electron chi connectivity index (χ4n) is 2.71. The third-order valence-corrected chi connectivity index (χ3v) is 5.16. The smallest absolute Gasteiger partial charge is 0.341 e. The molecule has 0 bridgehead atoms. The summed E-state index contributed by atoms with van der Waals surface area (Å²) >= 11 is 18.3. The number of rotatable bonds is 5. The molecule has 1 heterocycles. The molecule has 0 spiro atoms. The highest BCUT2D eigenvalue weighted by atomic mass is 35.5. The van der Waals surface area contributed by atoms with Gasteiger partial charge in [0.25, 0.3) is 11.8 Å². The van der Waals surface area contributed by atoms with E-state index < -0.39 is 30.4 Å². The molecule has 0 saturated carbocycles. The number of carbonyl (C=O) groups is 4. The zero-order chi connectivity index (χ0) is 22.9. The molecule has 0 atom stereocenters. The lowest BCUT2D eigenvalue weighted by molar-refractivity contribution is -0.139. The summed E-state index contributed by atoms with van der Waals surface area (Å²) in [6, 6.07) is 6.34. The van der Waals surface area contributed by atoms with Crippen molar-refractivity contribution < 1.29 is 29.0 Å². The van der Waals surface area contributed by atoms with E-state index in [0.29, 0.717) is 5.02 Å². The van der Waals surface area contributed by atoms with Crippen molar-refractivity contribution in [2.75, 3.05) is 11.5 Å². The molecule has 1 aliphatic rings. The average Bonchev–Trinajstić information content (AvgIpc) is 2.67. The molecule has 2 aromatic carbocycles. The van der Waals surface area contributed by atoms with Crippen molar-refractivity contribution >= 4 is 70.4 Å². The van der Waals surface area contributed by atoms with Crippen molar-refractivity contribution in [3.05, 3.63) is 62.1 Å². The van der Waals surface area contributed by atoms with Crippen molar-refractivity contribution in [2.45, 2.75) is 6.92 Å². The maximum atomic E-state index is 12.9. The number of anilines is 1. The van der Waals surface area contributed by atoms with E-state index in [1.807, 2.05) is 0 Å². The van der Waals surface area contributed by atoms with Crippen molar-refractivity contribution in [1.29, 1.82) is 0 Å². The molecular formula is C20H13Cl3N2O6. The van der Waals surface area contributed by atoms with Crippen molar-refractivity contribution in [3.8, 4) is 5.75 Å². The van der Waals surface area contributed by atoms with Gasteiger partial charge in [-0.25, -0.2) is 14.5 Å². The second-order valence-electron chi connectivity index (χ2n) is 6.39. The molecule has 11 heteroatoms. The van der Waals surface area contributed by atoms with Gasteiger partial charge in [0.2, 0.25) is 0 Å². The first-order valence-corrected chi connectivity index (χ1v) is 9.73. The van der Waals surface area contributed by atoms with E-state index in [-0.39, 0.29) is 32.6 Å². The predicted molar refractivity (Wildman–Crippen MR) is 115 cm³/mol. The largest absolute Gasteiger partial charge is 0.479 e. The molecule has 2 aromatic rings. The minimum atomic E-state index is -1.22. The normalized spacial score (nSPS) is 15.3.